The summed E-state index contributed by atoms with van der Waals surface area (Å²) in [5.41, 5.74) is 6.05. The number of nitrogens with one attached hydrogen (secondary N) is 1. The van der Waals surface area contributed by atoms with Crippen LogP contribution in [0.3, 0.4) is 0 Å². The number of anilines is 1. The van der Waals surface area contributed by atoms with Gasteiger partial charge in [-0.05, 0) is 73.4 Å². The SMILES string of the molecule is CCc1cccc(C)c1NC(=O)CSc1nnc(-c2ccc(Cl)cc2)n1-c1cccc(C)c1. The highest BCUT2D eigenvalue weighted by molar-refractivity contribution is 7.99. The average Bonchev–Trinajstić information content (AvgIpc) is 3.23. The Kier molecular flexibility index (Phi) is 7.16. The van der Waals surface area contributed by atoms with Gasteiger partial charge in [-0.1, -0.05) is 60.6 Å². The molecule has 0 aliphatic heterocycles. The number of carbonyl (C=O) groups excluding carboxylic acids is 1. The Morgan fingerprint density at radius 3 is 2.52 bits per heavy atom. The number of para-hydroxylation sites is 1. The van der Waals surface area contributed by atoms with Gasteiger partial charge < -0.3 is 5.32 Å². The molecule has 0 saturated heterocycles. The van der Waals surface area contributed by atoms with Crippen molar-refractivity contribution in [3.8, 4) is 17.1 Å². The fraction of sp³-hybridized carbons (Fsp3) is 0.192. The molecule has 0 aliphatic rings. The first-order chi connectivity index (χ1) is 16.0. The molecule has 0 fully saturated rings. The summed E-state index contributed by atoms with van der Waals surface area (Å²) < 4.78 is 1.99. The summed E-state index contributed by atoms with van der Waals surface area (Å²) in [6.45, 7) is 6.14. The van der Waals surface area contributed by atoms with Crippen LogP contribution in [-0.4, -0.2) is 26.4 Å². The number of nitrogens with zero attached hydrogens (tertiary/aromatic N) is 3. The zero-order chi connectivity index (χ0) is 23.4. The minimum atomic E-state index is -0.0733. The second kappa shape index (κ2) is 10.2. The van der Waals surface area contributed by atoms with Crippen LogP contribution in [0.15, 0.2) is 71.9 Å². The number of aryl methyl sites for hydroxylation is 3. The van der Waals surface area contributed by atoms with Gasteiger partial charge in [0.1, 0.15) is 0 Å². The molecule has 168 valence electrons. The van der Waals surface area contributed by atoms with Crippen molar-refractivity contribution in [1.29, 1.82) is 0 Å². The summed E-state index contributed by atoms with van der Waals surface area (Å²) in [7, 11) is 0. The minimum Gasteiger partial charge on any atom is -0.325 e. The molecule has 7 heteroatoms. The van der Waals surface area contributed by atoms with Crippen LogP contribution in [0.25, 0.3) is 17.1 Å². The zero-order valence-electron chi connectivity index (χ0n) is 18.8. The Morgan fingerprint density at radius 2 is 1.79 bits per heavy atom. The van der Waals surface area contributed by atoms with Gasteiger partial charge >= 0.3 is 0 Å². The summed E-state index contributed by atoms with van der Waals surface area (Å²) in [4.78, 5) is 12.8. The summed E-state index contributed by atoms with van der Waals surface area (Å²) >= 11 is 7.44. The van der Waals surface area contributed by atoms with Crippen LogP contribution < -0.4 is 5.32 Å². The van der Waals surface area contributed by atoms with Crippen LogP contribution in [0, 0.1) is 13.8 Å². The number of thioether (sulfide) groups is 1. The number of amides is 1. The van der Waals surface area contributed by atoms with E-state index in [1.807, 2.05) is 79.1 Å². The van der Waals surface area contributed by atoms with E-state index in [4.69, 9.17) is 11.6 Å². The van der Waals surface area contributed by atoms with Crippen molar-refractivity contribution in [2.24, 2.45) is 0 Å². The first kappa shape index (κ1) is 23.1. The van der Waals surface area contributed by atoms with E-state index < -0.39 is 0 Å². The molecular formula is C26H25ClN4OS. The van der Waals surface area contributed by atoms with E-state index in [1.165, 1.54) is 11.8 Å². The van der Waals surface area contributed by atoms with Crippen LogP contribution in [-0.2, 0) is 11.2 Å². The molecule has 0 radical (unpaired) electrons. The van der Waals surface area contributed by atoms with Crippen LogP contribution >= 0.6 is 23.4 Å². The lowest BCUT2D eigenvalue weighted by atomic mass is 10.1. The first-order valence-electron chi connectivity index (χ1n) is 10.8. The average molecular weight is 477 g/mol. The summed E-state index contributed by atoms with van der Waals surface area (Å²) in [6, 6.07) is 21.7. The van der Waals surface area contributed by atoms with Crippen molar-refractivity contribution in [3.63, 3.8) is 0 Å². The van der Waals surface area contributed by atoms with E-state index in [9.17, 15) is 4.79 Å². The molecule has 4 aromatic rings. The van der Waals surface area contributed by atoms with E-state index in [0.29, 0.717) is 16.0 Å². The van der Waals surface area contributed by atoms with Crippen LogP contribution in [0.1, 0.15) is 23.6 Å². The Bertz CT molecular complexity index is 1280. The number of aromatic nitrogens is 3. The molecule has 1 heterocycles. The predicted molar refractivity (Wildman–Crippen MR) is 136 cm³/mol. The molecule has 0 saturated carbocycles. The Labute approximate surface area is 203 Å². The third kappa shape index (κ3) is 5.29. The molecule has 0 spiro atoms. The lowest BCUT2D eigenvalue weighted by molar-refractivity contribution is -0.113. The predicted octanol–water partition coefficient (Wildman–Crippen LogP) is 6.50. The normalized spacial score (nSPS) is 10.9. The Morgan fingerprint density at radius 1 is 1.03 bits per heavy atom. The van der Waals surface area contributed by atoms with Crippen LogP contribution in [0.2, 0.25) is 5.02 Å². The monoisotopic (exact) mass is 476 g/mol. The quantitative estimate of drug-likeness (QED) is 0.309. The number of hydrogen-bond donors (Lipinski definition) is 1. The van der Waals surface area contributed by atoms with Gasteiger partial charge in [0.15, 0.2) is 11.0 Å². The molecule has 5 nitrogen and oxygen atoms in total. The van der Waals surface area contributed by atoms with Crippen molar-refractivity contribution in [2.75, 3.05) is 11.1 Å². The highest BCUT2D eigenvalue weighted by Gasteiger charge is 2.18. The van der Waals surface area contributed by atoms with E-state index in [-0.39, 0.29) is 11.7 Å². The van der Waals surface area contributed by atoms with E-state index in [1.54, 1.807) is 0 Å². The molecule has 1 amide bonds. The second-order valence-electron chi connectivity index (χ2n) is 7.79. The number of carbonyl (C=O) groups is 1. The molecule has 0 unspecified atom stereocenters. The highest BCUT2D eigenvalue weighted by Crippen LogP contribution is 2.29. The molecular weight excluding hydrogens is 452 g/mol. The van der Waals surface area contributed by atoms with Gasteiger partial charge in [-0.2, -0.15) is 0 Å². The largest absolute Gasteiger partial charge is 0.325 e. The molecule has 0 bridgehead atoms. The topological polar surface area (TPSA) is 59.8 Å². The second-order valence-corrected chi connectivity index (χ2v) is 9.17. The van der Waals surface area contributed by atoms with Crippen molar-refractivity contribution in [2.45, 2.75) is 32.3 Å². The molecule has 33 heavy (non-hydrogen) atoms. The summed E-state index contributed by atoms with van der Waals surface area (Å²) in [5.74, 6) is 0.852. The van der Waals surface area contributed by atoms with Crippen molar-refractivity contribution in [1.82, 2.24) is 14.8 Å². The third-order valence-corrected chi connectivity index (χ3v) is 6.51. The molecule has 0 aliphatic carbocycles. The van der Waals surface area contributed by atoms with E-state index in [0.717, 1.165) is 40.0 Å². The minimum absolute atomic E-state index is 0.0733. The van der Waals surface area contributed by atoms with Gasteiger partial charge in [-0.3, -0.25) is 9.36 Å². The fourth-order valence-electron chi connectivity index (χ4n) is 3.66. The smallest absolute Gasteiger partial charge is 0.234 e. The number of hydrogen-bond acceptors (Lipinski definition) is 4. The van der Waals surface area contributed by atoms with Gasteiger partial charge in [-0.15, -0.1) is 10.2 Å². The molecule has 1 aromatic heterocycles. The Balaban J connectivity index is 1.62. The first-order valence-corrected chi connectivity index (χ1v) is 12.1. The number of benzene rings is 3. The molecule has 0 atom stereocenters. The lowest BCUT2D eigenvalue weighted by Gasteiger charge is -2.13. The molecule has 1 N–H and O–H groups in total. The van der Waals surface area contributed by atoms with Gasteiger partial charge in [0, 0.05) is 22.0 Å². The number of rotatable bonds is 7. The van der Waals surface area contributed by atoms with E-state index >= 15 is 0 Å². The van der Waals surface area contributed by atoms with Crippen molar-refractivity contribution >= 4 is 35.0 Å². The highest BCUT2D eigenvalue weighted by atomic mass is 35.5. The van der Waals surface area contributed by atoms with Crippen molar-refractivity contribution in [3.05, 3.63) is 88.4 Å². The summed E-state index contributed by atoms with van der Waals surface area (Å²) in [5, 5.41) is 13.3. The summed E-state index contributed by atoms with van der Waals surface area (Å²) in [6.07, 6.45) is 0.858. The zero-order valence-corrected chi connectivity index (χ0v) is 20.4. The van der Waals surface area contributed by atoms with E-state index in [2.05, 4.69) is 28.5 Å². The fourth-order valence-corrected chi connectivity index (χ4v) is 4.53. The maximum absolute atomic E-state index is 12.8. The van der Waals surface area contributed by atoms with Gasteiger partial charge in [-0.25, -0.2) is 0 Å². The number of halogens is 1. The third-order valence-electron chi connectivity index (χ3n) is 5.33. The molecule has 3 aromatic carbocycles. The maximum Gasteiger partial charge on any atom is 0.234 e. The van der Waals surface area contributed by atoms with Crippen LogP contribution in [0.5, 0.6) is 0 Å². The van der Waals surface area contributed by atoms with Crippen molar-refractivity contribution < 1.29 is 4.79 Å². The van der Waals surface area contributed by atoms with Gasteiger partial charge in [0.05, 0.1) is 5.75 Å². The Hall–Kier alpha value is -3.09. The standard InChI is InChI=1S/C26H25ClN4OS/c1-4-19-9-6-8-18(3)24(19)28-23(32)16-33-26-30-29-25(20-11-13-21(27)14-12-20)31(26)22-10-5-7-17(2)15-22/h5-15H,4,16H2,1-3H3,(H,28,32). The lowest BCUT2D eigenvalue weighted by Crippen LogP contribution is -2.16. The maximum atomic E-state index is 12.8. The van der Waals surface area contributed by atoms with Crippen LogP contribution in [0.4, 0.5) is 5.69 Å². The molecule has 4 rings (SSSR count). The van der Waals surface area contributed by atoms with Gasteiger partial charge in [0.25, 0.3) is 0 Å². The van der Waals surface area contributed by atoms with Gasteiger partial charge in [0.2, 0.25) is 5.91 Å².